The van der Waals surface area contributed by atoms with Gasteiger partial charge < -0.3 is 14.5 Å². The fraction of sp³-hybridized carbons (Fsp3) is 0.412. The molecule has 23 heavy (non-hydrogen) atoms. The molecule has 0 radical (unpaired) electrons. The lowest BCUT2D eigenvalue weighted by atomic mass is 10.0. The zero-order valence-corrected chi connectivity index (χ0v) is 13.4. The number of aryl methyl sites for hydroxylation is 1. The van der Waals surface area contributed by atoms with E-state index in [2.05, 4.69) is 32.8 Å². The van der Waals surface area contributed by atoms with Crippen LogP contribution in [-0.2, 0) is 18.3 Å². The summed E-state index contributed by atoms with van der Waals surface area (Å²) in [5.41, 5.74) is 4.53. The molecule has 2 atom stereocenters. The second-order valence-corrected chi connectivity index (χ2v) is 6.05. The van der Waals surface area contributed by atoms with E-state index >= 15 is 0 Å². The number of pyridine rings is 1. The van der Waals surface area contributed by atoms with Crippen LogP contribution in [-0.4, -0.2) is 31.8 Å². The van der Waals surface area contributed by atoms with Crippen molar-refractivity contribution in [1.29, 1.82) is 0 Å². The molecule has 0 spiro atoms. The highest BCUT2D eigenvalue weighted by atomic mass is 16.5. The fourth-order valence-corrected chi connectivity index (χ4v) is 3.29. The lowest BCUT2D eigenvalue weighted by molar-refractivity contribution is 0.0978. The molecule has 4 heterocycles. The average molecular weight is 311 g/mol. The molecule has 0 aliphatic carbocycles. The van der Waals surface area contributed by atoms with Crippen molar-refractivity contribution in [3.05, 3.63) is 53.7 Å². The predicted molar refractivity (Wildman–Crippen MR) is 87.1 cm³/mol. The molecule has 1 aliphatic rings. The Morgan fingerprint density at radius 1 is 1.39 bits per heavy atom. The summed E-state index contributed by atoms with van der Waals surface area (Å²) in [5, 5.41) is 8.00. The molecule has 3 aromatic rings. The van der Waals surface area contributed by atoms with E-state index < -0.39 is 0 Å². The van der Waals surface area contributed by atoms with Crippen LogP contribution in [0.4, 0.5) is 0 Å². The number of hydrogen-bond donors (Lipinski definition) is 1. The van der Waals surface area contributed by atoms with Crippen LogP contribution < -0.4 is 5.32 Å². The van der Waals surface area contributed by atoms with Gasteiger partial charge in [0.2, 0.25) is 0 Å². The van der Waals surface area contributed by atoms with Gasteiger partial charge in [0.1, 0.15) is 11.8 Å². The first kappa shape index (κ1) is 14.4. The molecular weight excluding hydrogens is 290 g/mol. The van der Waals surface area contributed by atoms with Gasteiger partial charge in [-0.2, -0.15) is 5.10 Å². The highest BCUT2D eigenvalue weighted by Crippen LogP contribution is 2.31. The monoisotopic (exact) mass is 311 g/mol. The van der Waals surface area contributed by atoms with Crippen molar-refractivity contribution in [3.8, 4) is 0 Å². The minimum absolute atomic E-state index is 0.0747. The Kier molecular flexibility index (Phi) is 3.63. The Labute approximate surface area is 135 Å². The third kappa shape index (κ3) is 2.54. The molecule has 0 aromatic carbocycles. The Morgan fingerprint density at radius 3 is 3.13 bits per heavy atom. The number of ether oxygens (including phenoxy) is 1. The van der Waals surface area contributed by atoms with Crippen molar-refractivity contribution in [2.24, 2.45) is 7.05 Å². The van der Waals surface area contributed by atoms with Crippen LogP contribution in [0.1, 0.15) is 29.5 Å². The van der Waals surface area contributed by atoms with Crippen LogP contribution >= 0.6 is 0 Å². The summed E-state index contributed by atoms with van der Waals surface area (Å²) in [7, 11) is 1.97. The molecule has 3 aromatic heterocycles. The van der Waals surface area contributed by atoms with Crippen molar-refractivity contribution in [2.45, 2.75) is 32.0 Å². The van der Waals surface area contributed by atoms with Gasteiger partial charge in [-0.15, -0.1) is 0 Å². The van der Waals surface area contributed by atoms with Crippen LogP contribution in [0.25, 0.3) is 5.65 Å². The van der Waals surface area contributed by atoms with Gasteiger partial charge in [0.05, 0.1) is 6.20 Å². The fourth-order valence-electron chi connectivity index (χ4n) is 3.29. The molecule has 0 saturated carbocycles. The van der Waals surface area contributed by atoms with E-state index in [1.807, 2.05) is 42.5 Å². The van der Waals surface area contributed by atoms with Crippen LogP contribution in [0.5, 0.6) is 0 Å². The van der Waals surface area contributed by atoms with E-state index in [1.54, 1.807) is 0 Å². The molecule has 6 nitrogen and oxygen atoms in total. The topological polar surface area (TPSA) is 56.4 Å². The molecule has 1 saturated heterocycles. The molecule has 0 unspecified atom stereocenters. The van der Waals surface area contributed by atoms with E-state index in [9.17, 15) is 0 Å². The number of fused-ring (bicyclic) bond motifs is 1. The van der Waals surface area contributed by atoms with Crippen LogP contribution in [0.15, 0.2) is 36.8 Å². The molecule has 1 aliphatic heterocycles. The lowest BCUT2D eigenvalue weighted by Gasteiger charge is -2.20. The van der Waals surface area contributed by atoms with E-state index in [1.165, 1.54) is 17.0 Å². The minimum Gasteiger partial charge on any atom is -0.372 e. The second kappa shape index (κ2) is 5.79. The number of nitrogens with zero attached hydrogens (tertiary/aromatic N) is 4. The summed E-state index contributed by atoms with van der Waals surface area (Å²) < 4.78 is 9.99. The van der Waals surface area contributed by atoms with E-state index in [0.717, 1.165) is 25.2 Å². The summed E-state index contributed by atoms with van der Waals surface area (Å²) in [5.74, 6) is 0. The molecule has 0 amide bonds. The first-order valence-corrected chi connectivity index (χ1v) is 7.98. The zero-order valence-electron chi connectivity index (χ0n) is 13.4. The molecule has 4 rings (SSSR count). The summed E-state index contributed by atoms with van der Waals surface area (Å²) >= 11 is 0. The maximum absolute atomic E-state index is 5.97. The third-order valence-corrected chi connectivity index (χ3v) is 4.73. The van der Waals surface area contributed by atoms with Crippen molar-refractivity contribution in [2.75, 3.05) is 6.61 Å². The Bertz CT molecular complexity index is 821. The van der Waals surface area contributed by atoms with Gasteiger partial charge >= 0.3 is 0 Å². The van der Waals surface area contributed by atoms with Gasteiger partial charge in [0, 0.05) is 55.6 Å². The van der Waals surface area contributed by atoms with E-state index in [4.69, 9.17) is 4.74 Å². The van der Waals surface area contributed by atoms with Gasteiger partial charge in [-0.25, -0.2) is 4.98 Å². The van der Waals surface area contributed by atoms with Gasteiger partial charge in [-0.05, 0) is 25.5 Å². The first-order valence-electron chi connectivity index (χ1n) is 7.98. The van der Waals surface area contributed by atoms with E-state index in [-0.39, 0.29) is 6.10 Å². The quantitative estimate of drug-likeness (QED) is 0.800. The first-order chi connectivity index (χ1) is 11.2. The molecule has 0 bridgehead atoms. The highest BCUT2D eigenvalue weighted by Gasteiger charge is 2.31. The molecule has 1 N–H and O–H groups in total. The number of rotatable bonds is 4. The molecule has 120 valence electrons. The van der Waals surface area contributed by atoms with Crippen LogP contribution in [0.3, 0.4) is 0 Å². The van der Waals surface area contributed by atoms with Crippen molar-refractivity contribution in [1.82, 2.24) is 24.5 Å². The largest absolute Gasteiger partial charge is 0.372 e. The van der Waals surface area contributed by atoms with Gasteiger partial charge in [0.15, 0.2) is 0 Å². The molecular formula is C17H21N5O. The number of aromatic nitrogens is 4. The SMILES string of the molecule is Cc1c([C@H]2OCC[C@@H]2NCc2cccc3nccn23)cnn1C. The lowest BCUT2D eigenvalue weighted by Crippen LogP contribution is -2.32. The summed E-state index contributed by atoms with van der Waals surface area (Å²) in [6, 6.07) is 6.50. The van der Waals surface area contributed by atoms with Gasteiger partial charge in [0.25, 0.3) is 0 Å². The normalized spacial score (nSPS) is 21.3. The van der Waals surface area contributed by atoms with Crippen molar-refractivity contribution in [3.63, 3.8) is 0 Å². The zero-order chi connectivity index (χ0) is 15.8. The summed E-state index contributed by atoms with van der Waals surface area (Å²) in [6.45, 7) is 3.66. The van der Waals surface area contributed by atoms with E-state index in [0.29, 0.717) is 6.04 Å². The number of imidazole rings is 1. The van der Waals surface area contributed by atoms with Crippen LogP contribution in [0, 0.1) is 6.92 Å². The smallest absolute Gasteiger partial charge is 0.136 e. The molecule has 6 heteroatoms. The van der Waals surface area contributed by atoms with Gasteiger partial charge in [-0.3, -0.25) is 4.68 Å². The average Bonchev–Trinajstić information content (AvgIpc) is 3.27. The standard InChI is InChI=1S/C17H21N5O/c1-12-14(11-20-21(12)2)17-15(6-9-23-17)19-10-13-4-3-5-16-18-7-8-22(13)16/h3-5,7-8,11,15,17,19H,6,9-10H2,1-2H3/t15-,17+/m0/s1. The Hall–Kier alpha value is -2.18. The van der Waals surface area contributed by atoms with Crippen molar-refractivity contribution < 1.29 is 4.74 Å². The van der Waals surface area contributed by atoms with Gasteiger partial charge in [-0.1, -0.05) is 6.07 Å². The second-order valence-electron chi connectivity index (χ2n) is 6.05. The summed E-state index contributed by atoms with van der Waals surface area (Å²) in [4.78, 5) is 4.34. The predicted octanol–water partition coefficient (Wildman–Crippen LogP) is 2.00. The maximum atomic E-state index is 5.97. The minimum atomic E-state index is 0.0747. The summed E-state index contributed by atoms with van der Waals surface area (Å²) in [6.07, 6.45) is 6.85. The third-order valence-electron chi connectivity index (χ3n) is 4.73. The Morgan fingerprint density at radius 2 is 2.30 bits per heavy atom. The van der Waals surface area contributed by atoms with Crippen molar-refractivity contribution >= 4 is 5.65 Å². The maximum Gasteiger partial charge on any atom is 0.136 e. The van der Waals surface area contributed by atoms with Crippen LogP contribution in [0.2, 0.25) is 0 Å². The number of hydrogen-bond acceptors (Lipinski definition) is 4. The molecule has 1 fully saturated rings. The number of nitrogens with one attached hydrogen (secondary N) is 1. The Balaban J connectivity index is 1.52. The highest BCUT2D eigenvalue weighted by molar-refractivity contribution is 5.39.